The maximum absolute atomic E-state index is 3.54. The molecule has 0 aromatic heterocycles. The van der Waals surface area contributed by atoms with Gasteiger partial charge in [0.1, 0.15) is 0 Å². The van der Waals surface area contributed by atoms with Gasteiger partial charge in [0.05, 0.1) is 0 Å². The Morgan fingerprint density at radius 1 is 1.32 bits per heavy atom. The Morgan fingerprint density at radius 3 is 2.79 bits per heavy atom. The Morgan fingerprint density at radius 2 is 2.05 bits per heavy atom. The summed E-state index contributed by atoms with van der Waals surface area (Å²) in [4.78, 5) is 1.50. The topological polar surface area (TPSA) is 12.0 Å². The van der Waals surface area contributed by atoms with E-state index in [9.17, 15) is 0 Å². The molecule has 1 aliphatic heterocycles. The van der Waals surface area contributed by atoms with Gasteiger partial charge in [-0.25, -0.2) is 0 Å². The third kappa shape index (κ3) is 4.25. The molecule has 19 heavy (non-hydrogen) atoms. The van der Waals surface area contributed by atoms with Crippen LogP contribution in [0.3, 0.4) is 0 Å². The molecule has 2 rings (SSSR count). The number of benzene rings is 1. The number of hydrogen-bond donors (Lipinski definition) is 1. The highest BCUT2D eigenvalue weighted by Crippen LogP contribution is 2.45. The number of rotatable bonds is 6. The molecule has 1 aliphatic rings. The van der Waals surface area contributed by atoms with Gasteiger partial charge in [0.2, 0.25) is 0 Å². The Labute approximate surface area is 122 Å². The second kappa shape index (κ2) is 6.32. The van der Waals surface area contributed by atoms with Crippen LogP contribution in [0.4, 0.5) is 0 Å². The highest BCUT2D eigenvalue weighted by atomic mass is 32.2. The van der Waals surface area contributed by atoms with Crippen LogP contribution in [0.1, 0.15) is 52.0 Å². The fourth-order valence-corrected chi connectivity index (χ4v) is 4.12. The van der Waals surface area contributed by atoms with Crippen LogP contribution < -0.4 is 5.32 Å². The zero-order valence-corrected chi connectivity index (χ0v) is 13.5. The minimum atomic E-state index is 0.421. The van der Waals surface area contributed by atoms with Crippen molar-refractivity contribution >= 4 is 11.8 Å². The van der Waals surface area contributed by atoms with E-state index in [4.69, 9.17) is 0 Å². The van der Waals surface area contributed by atoms with Crippen LogP contribution in [0, 0.1) is 5.41 Å². The van der Waals surface area contributed by atoms with E-state index >= 15 is 0 Å². The van der Waals surface area contributed by atoms with Crippen molar-refractivity contribution in [1.82, 2.24) is 5.32 Å². The van der Waals surface area contributed by atoms with Crippen LogP contribution in [-0.4, -0.2) is 18.3 Å². The van der Waals surface area contributed by atoms with Crippen molar-refractivity contribution in [3.05, 3.63) is 29.8 Å². The monoisotopic (exact) mass is 277 g/mol. The molecule has 0 fully saturated rings. The van der Waals surface area contributed by atoms with Crippen molar-refractivity contribution in [2.24, 2.45) is 5.41 Å². The zero-order valence-electron chi connectivity index (χ0n) is 12.7. The molecule has 0 aliphatic carbocycles. The minimum Gasteiger partial charge on any atom is -0.315 e. The molecule has 0 amide bonds. The molecule has 1 unspecified atom stereocenters. The average Bonchev–Trinajstić information content (AvgIpc) is 2.71. The molecule has 2 heteroatoms. The predicted octanol–water partition coefficient (Wildman–Crippen LogP) is 4.68. The van der Waals surface area contributed by atoms with Crippen molar-refractivity contribution in [2.75, 3.05) is 12.3 Å². The molecule has 0 radical (unpaired) electrons. The smallest absolute Gasteiger partial charge is 0.0107 e. The van der Waals surface area contributed by atoms with Crippen molar-refractivity contribution in [3.63, 3.8) is 0 Å². The molecule has 1 aromatic carbocycles. The fraction of sp³-hybridized carbons (Fsp3) is 0.647. The van der Waals surface area contributed by atoms with Crippen LogP contribution in [0.5, 0.6) is 0 Å². The van der Waals surface area contributed by atoms with E-state index in [0.717, 1.165) is 12.5 Å². The Kier molecular flexibility index (Phi) is 4.97. The summed E-state index contributed by atoms with van der Waals surface area (Å²) in [7, 11) is 0. The molecule has 0 saturated heterocycles. The van der Waals surface area contributed by atoms with Crippen molar-refractivity contribution in [3.8, 4) is 0 Å². The average molecular weight is 277 g/mol. The lowest BCUT2D eigenvalue weighted by atomic mass is 9.78. The van der Waals surface area contributed by atoms with E-state index in [-0.39, 0.29) is 0 Å². The van der Waals surface area contributed by atoms with Gasteiger partial charge in [0, 0.05) is 16.7 Å². The van der Waals surface area contributed by atoms with Gasteiger partial charge in [0.25, 0.3) is 0 Å². The summed E-state index contributed by atoms with van der Waals surface area (Å²) in [6.07, 6.45) is 2.56. The minimum absolute atomic E-state index is 0.421. The third-order valence-corrected chi connectivity index (χ3v) is 5.20. The standard InChI is InChI=1S/C17H27NS/c1-13(2)18-10-9-17(3,4)11-14-12-19-16-8-6-5-7-15(14)16/h5-8,13-14,18H,9-12H2,1-4H3. The molecule has 1 nitrogen and oxygen atoms in total. The van der Waals surface area contributed by atoms with Gasteiger partial charge in [-0.3, -0.25) is 0 Å². The van der Waals surface area contributed by atoms with E-state index in [1.807, 2.05) is 11.8 Å². The molecule has 0 saturated carbocycles. The van der Waals surface area contributed by atoms with Gasteiger partial charge >= 0.3 is 0 Å². The highest BCUT2D eigenvalue weighted by molar-refractivity contribution is 7.99. The fourth-order valence-electron chi connectivity index (χ4n) is 2.87. The van der Waals surface area contributed by atoms with E-state index in [0.29, 0.717) is 11.5 Å². The van der Waals surface area contributed by atoms with E-state index in [2.05, 4.69) is 57.3 Å². The number of hydrogen-bond acceptors (Lipinski definition) is 2. The summed E-state index contributed by atoms with van der Waals surface area (Å²) >= 11 is 2.03. The van der Waals surface area contributed by atoms with E-state index < -0.39 is 0 Å². The van der Waals surface area contributed by atoms with Crippen molar-refractivity contribution in [2.45, 2.75) is 57.4 Å². The first-order valence-corrected chi connectivity index (χ1v) is 8.41. The molecule has 1 heterocycles. The first-order valence-electron chi connectivity index (χ1n) is 7.43. The van der Waals surface area contributed by atoms with Gasteiger partial charge in [-0.2, -0.15) is 0 Å². The van der Waals surface area contributed by atoms with Gasteiger partial charge < -0.3 is 5.32 Å². The molecule has 1 atom stereocenters. The van der Waals surface area contributed by atoms with E-state index in [1.165, 1.54) is 23.5 Å². The lowest BCUT2D eigenvalue weighted by molar-refractivity contribution is 0.281. The molecule has 0 spiro atoms. The first-order chi connectivity index (χ1) is 8.98. The SMILES string of the molecule is CC(C)NCCC(C)(C)CC1CSc2ccccc21. The Hall–Kier alpha value is -0.470. The maximum atomic E-state index is 3.54. The molecule has 106 valence electrons. The van der Waals surface area contributed by atoms with Crippen LogP contribution in [0.25, 0.3) is 0 Å². The highest BCUT2D eigenvalue weighted by Gasteiger charge is 2.29. The summed E-state index contributed by atoms with van der Waals surface area (Å²) in [5.41, 5.74) is 2.00. The molecule has 0 bridgehead atoms. The van der Waals surface area contributed by atoms with E-state index in [1.54, 1.807) is 5.56 Å². The van der Waals surface area contributed by atoms with Gasteiger partial charge in [-0.15, -0.1) is 11.8 Å². The van der Waals surface area contributed by atoms with Crippen LogP contribution in [-0.2, 0) is 0 Å². The normalized spacial score (nSPS) is 18.9. The van der Waals surface area contributed by atoms with Crippen LogP contribution in [0.15, 0.2) is 29.2 Å². The summed E-state index contributed by atoms with van der Waals surface area (Å²) in [6.45, 7) is 10.4. The lowest BCUT2D eigenvalue weighted by Gasteiger charge is -2.28. The molecule has 1 aromatic rings. The van der Waals surface area contributed by atoms with Gasteiger partial charge in [-0.1, -0.05) is 45.9 Å². The second-order valence-corrected chi connectivity index (χ2v) is 7.83. The lowest BCUT2D eigenvalue weighted by Crippen LogP contribution is -2.28. The van der Waals surface area contributed by atoms with Gasteiger partial charge in [-0.05, 0) is 42.3 Å². The molecular formula is C17H27NS. The molecule has 1 N–H and O–H groups in total. The first kappa shape index (κ1) is 14.9. The summed E-state index contributed by atoms with van der Waals surface area (Å²) in [5.74, 6) is 2.01. The quantitative estimate of drug-likeness (QED) is 0.810. The zero-order chi connectivity index (χ0) is 13.9. The number of nitrogens with one attached hydrogen (secondary N) is 1. The number of thioether (sulfide) groups is 1. The number of fused-ring (bicyclic) bond motifs is 1. The van der Waals surface area contributed by atoms with Gasteiger partial charge in [0.15, 0.2) is 0 Å². The Bertz CT molecular complexity index is 411. The van der Waals surface area contributed by atoms with Crippen LogP contribution in [0.2, 0.25) is 0 Å². The summed E-state index contributed by atoms with van der Waals surface area (Å²) in [6, 6.07) is 9.53. The Balaban J connectivity index is 1.90. The molecular weight excluding hydrogens is 250 g/mol. The largest absolute Gasteiger partial charge is 0.315 e. The summed E-state index contributed by atoms with van der Waals surface area (Å²) in [5, 5.41) is 3.54. The predicted molar refractivity (Wildman–Crippen MR) is 86.1 cm³/mol. The maximum Gasteiger partial charge on any atom is 0.0107 e. The van der Waals surface area contributed by atoms with Crippen molar-refractivity contribution < 1.29 is 0 Å². The van der Waals surface area contributed by atoms with Crippen LogP contribution >= 0.6 is 11.8 Å². The second-order valence-electron chi connectivity index (χ2n) is 6.77. The third-order valence-electron chi connectivity index (χ3n) is 3.95. The summed E-state index contributed by atoms with van der Waals surface area (Å²) < 4.78 is 0. The van der Waals surface area contributed by atoms with Crippen molar-refractivity contribution in [1.29, 1.82) is 0 Å².